The largest absolute Gasteiger partial charge is 0.355 e. The molecular formula is C17H35IN4O2S. The Hall–Kier alpha value is -0.0900. The van der Waals surface area contributed by atoms with Crippen LogP contribution in [0.4, 0.5) is 0 Å². The summed E-state index contributed by atoms with van der Waals surface area (Å²) in [6.07, 6.45) is 2.61. The van der Waals surface area contributed by atoms with Crippen molar-refractivity contribution in [2.75, 3.05) is 45.5 Å². The number of guanidine groups is 1. The molecule has 2 saturated heterocycles. The average Bonchev–Trinajstić information content (AvgIpc) is 2.51. The first kappa shape index (κ1) is 23.0. The SMILES string of the molecule is CN=C(NCC(C)N1CCCC(C)C1)N1CCS(=O)(=O)C(C)(C)C1.I. The van der Waals surface area contributed by atoms with Gasteiger partial charge < -0.3 is 10.2 Å². The Morgan fingerprint density at radius 3 is 2.60 bits per heavy atom. The molecule has 6 nitrogen and oxygen atoms in total. The molecule has 148 valence electrons. The van der Waals surface area contributed by atoms with Gasteiger partial charge in [0.05, 0.1) is 10.5 Å². The number of nitrogens with one attached hydrogen (secondary N) is 1. The van der Waals surface area contributed by atoms with E-state index in [4.69, 9.17) is 0 Å². The zero-order valence-electron chi connectivity index (χ0n) is 16.3. The minimum absolute atomic E-state index is 0. The van der Waals surface area contributed by atoms with Crippen molar-refractivity contribution in [3.63, 3.8) is 0 Å². The van der Waals surface area contributed by atoms with Crippen molar-refractivity contribution in [2.45, 2.75) is 51.3 Å². The van der Waals surface area contributed by atoms with Crippen molar-refractivity contribution in [3.05, 3.63) is 0 Å². The van der Waals surface area contributed by atoms with Crippen LogP contribution in [-0.4, -0.2) is 80.5 Å². The molecule has 0 bridgehead atoms. The highest BCUT2D eigenvalue weighted by Gasteiger charge is 2.41. The predicted octanol–water partition coefficient (Wildman–Crippen LogP) is 1.81. The summed E-state index contributed by atoms with van der Waals surface area (Å²) in [5, 5.41) is 3.46. The average molecular weight is 486 g/mol. The van der Waals surface area contributed by atoms with Gasteiger partial charge in [0.15, 0.2) is 15.8 Å². The quantitative estimate of drug-likeness (QED) is 0.375. The second kappa shape index (κ2) is 9.21. The molecule has 25 heavy (non-hydrogen) atoms. The van der Waals surface area contributed by atoms with Crippen LogP contribution in [0.15, 0.2) is 4.99 Å². The summed E-state index contributed by atoms with van der Waals surface area (Å²) >= 11 is 0. The van der Waals surface area contributed by atoms with Gasteiger partial charge in [-0.05, 0) is 46.1 Å². The molecule has 2 rings (SSSR count). The fraction of sp³-hybridized carbons (Fsp3) is 0.941. The first-order valence-electron chi connectivity index (χ1n) is 9.08. The summed E-state index contributed by atoms with van der Waals surface area (Å²) in [6.45, 7) is 12.4. The number of hydrogen-bond donors (Lipinski definition) is 1. The lowest BCUT2D eigenvalue weighted by atomic mass is 9.99. The molecule has 8 heteroatoms. The van der Waals surface area contributed by atoms with Crippen LogP contribution in [0.1, 0.15) is 40.5 Å². The summed E-state index contributed by atoms with van der Waals surface area (Å²) in [5.41, 5.74) is 0. The Labute approximate surface area is 170 Å². The Morgan fingerprint density at radius 2 is 2.04 bits per heavy atom. The fourth-order valence-electron chi connectivity index (χ4n) is 3.65. The van der Waals surface area contributed by atoms with Gasteiger partial charge in [-0.25, -0.2) is 8.42 Å². The number of piperidine rings is 1. The topological polar surface area (TPSA) is 65.0 Å². The van der Waals surface area contributed by atoms with Gasteiger partial charge in [0.25, 0.3) is 0 Å². The van der Waals surface area contributed by atoms with E-state index >= 15 is 0 Å². The highest BCUT2D eigenvalue weighted by atomic mass is 127. The number of aliphatic imine (C=N–C) groups is 1. The molecule has 0 aromatic rings. The van der Waals surface area contributed by atoms with Gasteiger partial charge in [-0.2, -0.15) is 0 Å². The second-order valence-corrected chi connectivity index (χ2v) is 10.8. The van der Waals surface area contributed by atoms with E-state index in [-0.39, 0.29) is 29.7 Å². The van der Waals surface area contributed by atoms with Crippen molar-refractivity contribution < 1.29 is 8.42 Å². The van der Waals surface area contributed by atoms with Crippen molar-refractivity contribution >= 4 is 39.8 Å². The maximum Gasteiger partial charge on any atom is 0.193 e. The molecule has 0 aromatic carbocycles. The first-order chi connectivity index (χ1) is 11.2. The third kappa shape index (κ3) is 5.69. The van der Waals surface area contributed by atoms with E-state index in [0.717, 1.165) is 25.0 Å². The van der Waals surface area contributed by atoms with Gasteiger partial charge in [0.2, 0.25) is 0 Å². The lowest BCUT2D eigenvalue weighted by molar-refractivity contribution is 0.139. The molecule has 2 aliphatic rings. The molecular weight excluding hydrogens is 451 g/mol. The lowest BCUT2D eigenvalue weighted by Gasteiger charge is -2.40. The third-order valence-corrected chi connectivity index (χ3v) is 7.96. The molecule has 2 atom stereocenters. The summed E-state index contributed by atoms with van der Waals surface area (Å²) < 4.78 is 23.6. The van der Waals surface area contributed by atoms with Crippen molar-refractivity contribution in [3.8, 4) is 0 Å². The van der Waals surface area contributed by atoms with E-state index < -0.39 is 14.6 Å². The monoisotopic (exact) mass is 486 g/mol. The van der Waals surface area contributed by atoms with E-state index in [1.165, 1.54) is 19.4 Å². The van der Waals surface area contributed by atoms with Gasteiger partial charge in [0, 0.05) is 39.3 Å². The van der Waals surface area contributed by atoms with Crippen LogP contribution in [0.25, 0.3) is 0 Å². The van der Waals surface area contributed by atoms with E-state index in [9.17, 15) is 8.42 Å². The van der Waals surface area contributed by atoms with Gasteiger partial charge in [0.1, 0.15) is 0 Å². The number of nitrogens with zero attached hydrogens (tertiary/aromatic N) is 3. The summed E-state index contributed by atoms with van der Waals surface area (Å²) in [7, 11) is -1.25. The van der Waals surface area contributed by atoms with Crippen LogP contribution in [0.5, 0.6) is 0 Å². The van der Waals surface area contributed by atoms with Gasteiger partial charge in [-0.15, -0.1) is 24.0 Å². The smallest absolute Gasteiger partial charge is 0.193 e. The number of rotatable bonds is 3. The minimum atomic E-state index is -3.02. The standard InChI is InChI=1S/C17H34N4O2S.HI/c1-14-7-6-8-20(12-14)15(2)11-19-16(18-5)21-9-10-24(22,23)17(3,4)13-21;/h14-15H,6-13H2,1-5H3,(H,18,19);1H. The van der Waals surface area contributed by atoms with Crippen molar-refractivity contribution in [2.24, 2.45) is 10.9 Å². The van der Waals surface area contributed by atoms with Crippen LogP contribution in [0, 0.1) is 5.92 Å². The fourth-order valence-corrected chi connectivity index (χ4v) is 5.02. The Balaban J connectivity index is 0.00000312. The van der Waals surface area contributed by atoms with Crippen molar-refractivity contribution in [1.82, 2.24) is 15.1 Å². The molecule has 2 fully saturated rings. The Morgan fingerprint density at radius 1 is 1.36 bits per heavy atom. The Bertz CT molecular complexity index is 565. The first-order valence-corrected chi connectivity index (χ1v) is 10.7. The zero-order chi connectivity index (χ0) is 18.0. The summed E-state index contributed by atoms with van der Waals surface area (Å²) in [6, 6.07) is 0.450. The van der Waals surface area contributed by atoms with E-state index in [2.05, 4.69) is 34.0 Å². The molecule has 0 amide bonds. The molecule has 1 N–H and O–H groups in total. The van der Waals surface area contributed by atoms with Crippen LogP contribution < -0.4 is 5.32 Å². The van der Waals surface area contributed by atoms with E-state index in [1.54, 1.807) is 20.9 Å². The third-order valence-electron chi connectivity index (χ3n) is 5.42. The Kier molecular flexibility index (Phi) is 8.46. The number of hydrogen-bond acceptors (Lipinski definition) is 4. The van der Waals surface area contributed by atoms with Crippen LogP contribution >= 0.6 is 24.0 Å². The molecule has 0 spiro atoms. The predicted molar refractivity (Wildman–Crippen MR) is 116 cm³/mol. The minimum Gasteiger partial charge on any atom is -0.355 e. The van der Waals surface area contributed by atoms with Gasteiger partial charge in [-0.3, -0.25) is 9.89 Å². The van der Waals surface area contributed by atoms with Crippen molar-refractivity contribution in [1.29, 1.82) is 0 Å². The van der Waals surface area contributed by atoms with E-state index in [1.807, 2.05) is 0 Å². The second-order valence-electron chi connectivity index (χ2n) is 8.02. The molecule has 2 unspecified atom stereocenters. The zero-order valence-corrected chi connectivity index (χ0v) is 19.4. The highest BCUT2D eigenvalue weighted by molar-refractivity contribution is 14.0. The summed E-state index contributed by atoms with van der Waals surface area (Å²) in [4.78, 5) is 8.99. The maximum atomic E-state index is 12.2. The lowest BCUT2D eigenvalue weighted by Crippen LogP contribution is -2.58. The molecule has 0 aliphatic carbocycles. The molecule has 0 aromatic heterocycles. The van der Waals surface area contributed by atoms with Crippen LogP contribution in [-0.2, 0) is 9.84 Å². The molecule has 2 aliphatic heterocycles. The maximum absolute atomic E-state index is 12.2. The van der Waals surface area contributed by atoms with Crippen LogP contribution in [0.2, 0.25) is 0 Å². The van der Waals surface area contributed by atoms with Crippen LogP contribution in [0.3, 0.4) is 0 Å². The highest BCUT2D eigenvalue weighted by Crippen LogP contribution is 2.23. The summed E-state index contributed by atoms with van der Waals surface area (Å²) in [5.74, 6) is 1.78. The number of likely N-dealkylation sites (tertiary alicyclic amines) is 1. The van der Waals surface area contributed by atoms with E-state index in [0.29, 0.717) is 19.1 Å². The molecule has 0 saturated carbocycles. The normalized spacial score (nSPS) is 28.1. The van der Waals surface area contributed by atoms with Gasteiger partial charge >= 0.3 is 0 Å². The van der Waals surface area contributed by atoms with Gasteiger partial charge in [-0.1, -0.05) is 6.92 Å². The number of halogens is 1. The molecule has 0 radical (unpaired) electrons. The molecule has 2 heterocycles. The number of sulfone groups is 1.